The fourth-order valence-corrected chi connectivity index (χ4v) is 8.24. The fourth-order valence-electron chi connectivity index (χ4n) is 8.24. The summed E-state index contributed by atoms with van der Waals surface area (Å²) in [6.07, 6.45) is 73.3. The maximum absolute atomic E-state index is 12.8. The van der Waals surface area contributed by atoms with Crippen LogP contribution in [0, 0.1) is 0 Å². The first kappa shape index (κ1) is 65.8. The molecule has 0 N–H and O–H groups in total. The maximum Gasteiger partial charge on any atom is 0.306 e. The summed E-state index contributed by atoms with van der Waals surface area (Å²) in [6, 6.07) is 0. The van der Waals surface area contributed by atoms with Gasteiger partial charge in [0.2, 0.25) is 0 Å². The molecule has 0 heterocycles. The van der Waals surface area contributed by atoms with Gasteiger partial charge in [0.25, 0.3) is 0 Å². The highest BCUT2D eigenvalue weighted by Crippen LogP contribution is 2.16. The third-order valence-electron chi connectivity index (χ3n) is 12.7. The van der Waals surface area contributed by atoms with E-state index in [1.807, 2.05) is 6.08 Å². The smallest absolute Gasteiger partial charge is 0.306 e. The minimum atomic E-state index is -0.804. The number of ether oxygens (including phenoxy) is 3. The minimum Gasteiger partial charge on any atom is -0.462 e. The maximum atomic E-state index is 12.8. The van der Waals surface area contributed by atoms with Crippen LogP contribution in [0.5, 0.6) is 0 Å². The molecule has 0 rings (SSSR count). The van der Waals surface area contributed by atoms with Gasteiger partial charge in [0.05, 0.1) is 0 Å². The molecule has 1 atom stereocenters. The van der Waals surface area contributed by atoms with Crippen LogP contribution in [0.25, 0.3) is 0 Å². The summed E-state index contributed by atoms with van der Waals surface area (Å²) in [5.41, 5.74) is 0. The standard InChI is InChI=1S/C63H110O6/c1-4-7-10-13-16-19-22-25-27-29-31-33-35-38-40-43-46-49-52-55-61(64)67-58-60(69-63(66)57-54-51-48-45-42-37-24-21-18-15-12-9-6-3)59-68-62(65)56-53-50-47-44-41-39-36-34-32-30-28-26-23-20-17-14-11-8-5-2/h16,19,25-28,31,33,38,40,46,49,60H,4-15,17-18,20-24,29-30,32,34-37,39,41-45,47-48,50-59H2,1-3H3/b19-16-,27-25-,28-26-,33-31-,40-38-,49-46-/t60-/m1/s1. The van der Waals surface area contributed by atoms with E-state index < -0.39 is 6.10 Å². The molecule has 0 radical (unpaired) electrons. The van der Waals surface area contributed by atoms with Crippen LogP contribution in [0.4, 0.5) is 0 Å². The van der Waals surface area contributed by atoms with Crippen molar-refractivity contribution in [2.24, 2.45) is 0 Å². The Bertz CT molecular complexity index is 1290. The summed E-state index contributed by atoms with van der Waals surface area (Å²) in [5.74, 6) is -0.975. The van der Waals surface area contributed by atoms with Crippen LogP contribution < -0.4 is 0 Å². The highest BCUT2D eigenvalue weighted by atomic mass is 16.6. The van der Waals surface area contributed by atoms with Gasteiger partial charge in [-0.1, -0.05) is 261 Å². The van der Waals surface area contributed by atoms with E-state index in [0.29, 0.717) is 19.3 Å². The van der Waals surface area contributed by atoms with E-state index in [4.69, 9.17) is 14.2 Å². The van der Waals surface area contributed by atoms with Gasteiger partial charge in [-0.2, -0.15) is 0 Å². The molecule has 0 aromatic heterocycles. The van der Waals surface area contributed by atoms with Crippen molar-refractivity contribution in [2.75, 3.05) is 13.2 Å². The number of hydrogen-bond donors (Lipinski definition) is 0. The highest BCUT2D eigenvalue weighted by Gasteiger charge is 2.19. The van der Waals surface area contributed by atoms with Crippen LogP contribution in [0.15, 0.2) is 72.9 Å². The van der Waals surface area contributed by atoms with Crippen LogP contribution in [-0.4, -0.2) is 37.2 Å². The molecule has 0 aliphatic heterocycles. The molecule has 0 unspecified atom stereocenters. The number of carbonyl (C=O) groups excluding carboxylic acids is 3. The van der Waals surface area contributed by atoms with E-state index in [1.54, 1.807) is 0 Å². The van der Waals surface area contributed by atoms with Crippen molar-refractivity contribution in [2.45, 2.75) is 297 Å². The first-order valence-electron chi connectivity index (χ1n) is 29.4. The Kier molecular flexibility index (Phi) is 54.8. The summed E-state index contributed by atoms with van der Waals surface area (Å²) in [7, 11) is 0. The topological polar surface area (TPSA) is 78.9 Å². The van der Waals surface area contributed by atoms with Gasteiger partial charge in [-0.25, -0.2) is 0 Å². The summed E-state index contributed by atoms with van der Waals surface area (Å²) in [6.45, 7) is 6.56. The van der Waals surface area contributed by atoms with Crippen LogP contribution in [0.2, 0.25) is 0 Å². The quantitative estimate of drug-likeness (QED) is 0.0262. The number of esters is 3. The van der Waals surface area contributed by atoms with Crippen molar-refractivity contribution in [1.82, 2.24) is 0 Å². The van der Waals surface area contributed by atoms with Gasteiger partial charge in [0.1, 0.15) is 13.2 Å². The zero-order chi connectivity index (χ0) is 50.0. The largest absolute Gasteiger partial charge is 0.462 e. The lowest BCUT2D eigenvalue weighted by Gasteiger charge is -2.18. The van der Waals surface area contributed by atoms with Gasteiger partial charge in [0, 0.05) is 19.3 Å². The summed E-state index contributed by atoms with van der Waals surface area (Å²) in [5, 5.41) is 0. The minimum absolute atomic E-state index is 0.0969. The van der Waals surface area contributed by atoms with E-state index in [1.165, 1.54) is 180 Å². The molecule has 6 nitrogen and oxygen atoms in total. The van der Waals surface area contributed by atoms with Gasteiger partial charge in [-0.3, -0.25) is 14.4 Å². The van der Waals surface area contributed by atoms with Crippen molar-refractivity contribution in [1.29, 1.82) is 0 Å². The molecule has 0 amide bonds. The first-order valence-corrected chi connectivity index (χ1v) is 29.4. The zero-order valence-electron chi connectivity index (χ0n) is 45.6. The molecule has 0 saturated carbocycles. The number of rotatable bonds is 53. The van der Waals surface area contributed by atoms with E-state index in [9.17, 15) is 14.4 Å². The second kappa shape index (κ2) is 57.4. The predicted molar refractivity (Wildman–Crippen MR) is 298 cm³/mol. The average molecular weight is 964 g/mol. The number of hydrogen-bond acceptors (Lipinski definition) is 6. The zero-order valence-corrected chi connectivity index (χ0v) is 45.6. The molecule has 0 aliphatic rings. The van der Waals surface area contributed by atoms with Crippen LogP contribution in [-0.2, 0) is 28.6 Å². The Morgan fingerprint density at radius 1 is 0.290 bits per heavy atom. The summed E-state index contributed by atoms with van der Waals surface area (Å²) < 4.78 is 16.8. The van der Waals surface area contributed by atoms with E-state index in [2.05, 4.69) is 87.6 Å². The SMILES string of the molecule is CCCCC/C=C\C/C=C\C/C=C\C/C=C\C/C=C\CCC(=O)OC[C@H](COC(=O)CCCCCCCCCCC/C=C\CCCCCCCC)OC(=O)CCCCCCCCCCCCCCC. The van der Waals surface area contributed by atoms with Crippen molar-refractivity contribution in [3.8, 4) is 0 Å². The Labute approximate surface area is 427 Å². The van der Waals surface area contributed by atoms with Gasteiger partial charge in [-0.15, -0.1) is 0 Å². The lowest BCUT2D eigenvalue weighted by atomic mass is 10.0. The van der Waals surface area contributed by atoms with Crippen LogP contribution in [0.3, 0.4) is 0 Å². The first-order chi connectivity index (χ1) is 34.0. The summed E-state index contributed by atoms with van der Waals surface area (Å²) >= 11 is 0. The second-order valence-corrected chi connectivity index (χ2v) is 19.6. The van der Waals surface area contributed by atoms with Gasteiger partial charge < -0.3 is 14.2 Å². The molecular weight excluding hydrogens is 853 g/mol. The Hall–Kier alpha value is -3.15. The normalized spacial score (nSPS) is 12.6. The molecule has 0 saturated heterocycles. The molecule has 6 heteroatoms. The molecule has 0 aromatic rings. The Morgan fingerprint density at radius 3 is 0.942 bits per heavy atom. The number of unbranched alkanes of at least 4 members (excludes halogenated alkanes) is 30. The van der Waals surface area contributed by atoms with Crippen molar-refractivity contribution < 1.29 is 28.6 Å². The molecular formula is C63H110O6. The van der Waals surface area contributed by atoms with E-state index >= 15 is 0 Å². The van der Waals surface area contributed by atoms with Crippen molar-refractivity contribution >= 4 is 17.9 Å². The predicted octanol–water partition coefficient (Wildman–Crippen LogP) is 19.8. The third-order valence-corrected chi connectivity index (χ3v) is 12.7. The number of carbonyl (C=O) groups is 3. The lowest BCUT2D eigenvalue weighted by molar-refractivity contribution is -0.166. The third kappa shape index (κ3) is 55.6. The molecule has 0 aliphatic carbocycles. The van der Waals surface area contributed by atoms with Crippen LogP contribution >= 0.6 is 0 Å². The Morgan fingerprint density at radius 2 is 0.551 bits per heavy atom. The molecule has 0 aromatic carbocycles. The highest BCUT2D eigenvalue weighted by molar-refractivity contribution is 5.71. The van der Waals surface area contributed by atoms with E-state index in [-0.39, 0.29) is 37.5 Å². The van der Waals surface area contributed by atoms with Crippen molar-refractivity contribution in [3.05, 3.63) is 72.9 Å². The molecule has 0 fully saturated rings. The van der Waals surface area contributed by atoms with E-state index in [0.717, 1.165) is 64.2 Å². The second-order valence-electron chi connectivity index (χ2n) is 19.6. The fraction of sp³-hybridized carbons (Fsp3) is 0.762. The lowest BCUT2D eigenvalue weighted by Crippen LogP contribution is -2.30. The van der Waals surface area contributed by atoms with Crippen molar-refractivity contribution in [3.63, 3.8) is 0 Å². The number of allylic oxidation sites excluding steroid dienone is 12. The van der Waals surface area contributed by atoms with Gasteiger partial charge >= 0.3 is 17.9 Å². The van der Waals surface area contributed by atoms with Crippen LogP contribution in [0.1, 0.15) is 290 Å². The average Bonchev–Trinajstić information content (AvgIpc) is 3.35. The Balaban J connectivity index is 4.44. The molecule has 0 spiro atoms. The summed E-state index contributed by atoms with van der Waals surface area (Å²) in [4.78, 5) is 38.1. The molecule has 69 heavy (non-hydrogen) atoms. The molecule has 0 bridgehead atoms. The van der Waals surface area contributed by atoms with Gasteiger partial charge in [-0.05, 0) is 83.5 Å². The molecule has 398 valence electrons. The van der Waals surface area contributed by atoms with Gasteiger partial charge in [0.15, 0.2) is 6.10 Å². The monoisotopic (exact) mass is 963 g/mol.